The molecule has 0 aliphatic carbocycles. The molecule has 0 heterocycles. The number of hydrogen-bond acceptors (Lipinski definition) is 5. The zero-order valence-corrected chi connectivity index (χ0v) is 10.6. The largest absolute Gasteiger partial charge is 0.465 e. The van der Waals surface area contributed by atoms with Gasteiger partial charge >= 0.3 is 5.97 Å². The molecule has 0 saturated carbocycles. The summed E-state index contributed by atoms with van der Waals surface area (Å²) in [7, 11) is 1.16. The van der Waals surface area contributed by atoms with Gasteiger partial charge in [0.15, 0.2) is 0 Å². The molecule has 0 fully saturated rings. The summed E-state index contributed by atoms with van der Waals surface area (Å²) in [6.07, 6.45) is 0. The van der Waals surface area contributed by atoms with Crippen molar-refractivity contribution in [2.75, 3.05) is 7.11 Å². The van der Waals surface area contributed by atoms with Crippen LogP contribution < -0.4 is 4.74 Å². The molecule has 0 radical (unpaired) electrons. The molecule has 0 aliphatic rings. The van der Waals surface area contributed by atoms with Crippen LogP contribution in [0.2, 0.25) is 0 Å². The third-order valence-corrected chi connectivity index (χ3v) is 2.55. The molecule has 2 aromatic carbocycles. The Kier molecular flexibility index (Phi) is 3.95. The summed E-state index contributed by atoms with van der Waals surface area (Å²) in [5.41, 5.74) is -0.469. The average molecular weight is 273 g/mol. The molecule has 20 heavy (non-hydrogen) atoms. The summed E-state index contributed by atoms with van der Waals surface area (Å²) in [5.74, 6) is 0.106. The molecule has 0 atom stereocenters. The molecule has 102 valence electrons. The van der Waals surface area contributed by atoms with Crippen LogP contribution in [0.1, 0.15) is 10.4 Å². The van der Waals surface area contributed by atoms with E-state index in [4.69, 9.17) is 4.74 Å². The number of benzene rings is 2. The van der Waals surface area contributed by atoms with E-state index in [-0.39, 0.29) is 11.3 Å². The SMILES string of the molecule is COC(=O)c1cc(Oc2ccccc2)ccc1[N+](=O)[O-]. The standard InChI is InChI=1S/C14H11NO5/c1-19-14(16)12-9-11(7-8-13(12)15(17)18)20-10-5-3-2-4-6-10/h2-9H,1H3. The Morgan fingerprint density at radius 2 is 1.80 bits per heavy atom. The van der Waals surface area contributed by atoms with Crippen LogP contribution in [0.5, 0.6) is 11.5 Å². The summed E-state index contributed by atoms with van der Waals surface area (Å²) in [4.78, 5) is 21.8. The second-order valence-corrected chi connectivity index (χ2v) is 3.84. The van der Waals surface area contributed by atoms with Crippen molar-refractivity contribution in [2.45, 2.75) is 0 Å². The Morgan fingerprint density at radius 1 is 1.10 bits per heavy atom. The van der Waals surface area contributed by atoms with Crippen molar-refractivity contribution in [3.8, 4) is 11.5 Å². The lowest BCUT2D eigenvalue weighted by molar-refractivity contribution is -0.385. The fourth-order valence-corrected chi connectivity index (χ4v) is 1.64. The van der Waals surface area contributed by atoms with E-state index < -0.39 is 10.9 Å². The Morgan fingerprint density at radius 3 is 2.40 bits per heavy atom. The van der Waals surface area contributed by atoms with Gasteiger partial charge < -0.3 is 9.47 Å². The van der Waals surface area contributed by atoms with Gasteiger partial charge in [0.1, 0.15) is 17.1 Å². The van der Waals surface area contributed by atoms with E-state index in [0.29, 0.717) is 11.5 Å². The summed E-state index contributed by atoms with van der Waals surface area (Å²) < 4.78 is 10.1. The molecule has 0 aromatic heterocycles. The third kappa shape index (κ3) is 2.92. The van der Waals surface area contributed by atoms with E-state index in [1.807, 2.05) is 6.07 Å². The number of rotatable bonds is 4. The zero-order chi connectivity index (χ0) is 14.5. The molecule has 0 N–H and O–H groups in total. The number of methoxy groups -OCH3 is 1. The lowest BCUT2D eigenvalue weighted by Gasteiger charge is -2.07. The smallest absolute Gasteiger partial charge is 0.345 e. The molecule has 0 bridgehead atoms. The maximum atomic E-state index is 11.6. The molecular weight excluding hydrogens is 262 g/mol. The fraction of sp³-hybridized carbons (Fsp3) is 0.0714. The molecule has 0 aliphatic heterocycles. The van der Waals surface area contributed by atoms with Crippen LogP contribution in [-0.4, -0.2) is 18.0 Å². The maximum absolute atomic E-state index is 11.6. The van der Waals surface area contributed by atoms with Crippen LogP contribution in [-0.2, 0) is 4.74 Å². The molecule has 0 spiro atoms. The molecule has 2 aromatic rings. The van der Waals surface area contributed by atoms with Crippen molar-refractivity contribution < 1.29 is 19.2 Å². The average Bonchev–Trinajstić information content (AvgIpc) is 2.47. The van der Waals surface area contributed by atoms with Gasteiger partial charge in [-0.3, -0.25) is 10.1 Å². The second-order valence-electron chi connectivity index (χ2n) is 3.84. The van der Waals surface area contributed by atoms with Gasteiger partial charge in [0.25, 0.3) is 5.69 Å². The van der Waals surface area contributed by atoms with Crippen molar-refractivity contribution in [1.82, 2.24) is 0 Å². The topological polar surface area (TPSA) is 78.7 Å². The monoisotopic (exact) mass is 273 g/mol. The lowest BCUT2D eigenvalue weighted by Crippen LogP contribution is -2.05. The number of nitrogens with zero attached hydrogens (tertiary/aromatic N) is 1. The fourth-order valence-electron chi connectivity index (χ4n) is 1.64. The van der Waals surface area contributed by atoms with E-state index in [9.17, 15) is 14.9 Å². The number of nitro benzene ring substituents is 1. The predicted molar refractivity (Wildman–Crippen MR) is 71.0 cm³/mol. The van der Waals surface area contributed by atoms with E-state index in [1.165, 1.54) is 18.2 Å². The Bertz CT molecular complexity index is 639. The minimum atomic E-state index is -0.782. The van der Waals surface area contributed by atoms with Crippen LogP contribution in [0.4, 0.5) is 5.69 Å². The quantitative estimate of drug-likeness (QED) is 0.485. The molecule has 6 heteroatoms. The van der Waals surface area contributed by atoms with E-state index in [2.05, 4.69) is 4.74 Å². The van der Waals surface area contributed by atoms with E-state index in [1.54, 1.807) is 24.3 Å². The minimum Gasteiger partial charge on any atom is -0.465 e. The summed E-state index contributed by atoms with van der Waals surface area (Å²) in [6, 6.07) is 12.8. The highest BCUT2D eigenvalue weighted by molar-refractivity contribution is 5.94. The number of para-hydroxylation sites is 1. The lowest BCUT2D eigenvalue weighted by atomic mass is 10.1. The van der Waals surface area contributed by atoms with Crippen LogP contribution in [0, 0.1) is 10.1 Å². The first kappa shape index (κ1) is 13.5. The maximum Gasteiger partial charge on any atom is 0.345 e. The zero-order valence-electron chi connectivity index (χ0n) is 10.6. The normalized spacial score (nSPS) is 9.85. The molecule has 0 amide bonds. The number of nitro groups is 1. The van der Waals surface area contributed by atoms with Gasteiger partial charge in [-0.1, -0.05) is 18.2 Å². The van der Waals surface area contributed by atoms with E-state index in [0.717, 1.165) is 7.11 Å². The Balaban J connectivity index is 2.37. The van der Waals surface area contributed by atoms with Gasteiger partial charge in [-0.05, 0) is 18.2 Å². The first-order valence-corrected chi connectivity index (χ1v) is 5.71. The second kappa shape index (κ2) is 5.83. The van der Waals surface area contributed by atoms with Crippen molar-refractivity contribution in [3.63, 3.8) is 0 Å². The van der Waals surface area contributed by atoms with Crippen molar-refractivity contribution in [1.29, 1.82) is 0 Å². The van der Waals surface area contributed by atoms with Gasteiger partial charge in [-0.2, -0.15) is 0 Å². The first-order chi connectivity index (χ1) is 9.61. The van der Waals surface area contributed by atoms with Gasteiger partial charge in [-0.25, -0.2) is 4.79 Å². The van der Waals surface area contributed by atoms with Gasteiger partial charge in [0.2, 0.25) is 0 Å². The predicted octanol–water partition coefficient (Wildman–Crippen LogP) is 3.17. The highest BCUT2D eigenvalue weighted by atomic mass is 16.6. The van der Waals surface area contributed by atoms with Gasteiger partial charge in [-0.15, -0.1) is 0 Å². The molecule has 0 unspecified atom stereocenters. The summed E-state index contributed by atoms with van der Waals surface area (Å²) in [5, 5.41) is 10.9. The minimum absolute atomic E-state index is 0.147. The highest BCUT2D eigenvalue weighted by Crippen LogP contribution is 2.28. The molecule has 0 saturated heterocycles. The first-order valence-electron chi connectivity index (χ1n) is 5.71. The number of ether oxygens (including phenoxy) is 2. The van der Waals surface area contributed by atoms with Crippen LogP contribution in [0.25, 0.3) is 0 Å². The summed E-state index contributed by atoms with van der Waals surface area (Å²) in [6.45, 7) is 0. The highest BCUT2D eigenvalue weighted by Gasteiger charge is 2.21. The number of carbonyl (C=O) groups is 1. The summed E-state index contributed by atoms with van der Waals surface area (Å²) >= 11 is 0. The van der Waals surface area contributed by atoms with E-state index >= 15 is 0 Å². The van der Waals surface area contributed by atoms with Crippen LogP contribution in [0.3, 0.4) is 0 Å². The van der Waals surface area contributed by atoms with Crippen molar-refractivity contribution >= 4 is 11.7 Å². The number of carbonyl (C=O) groups excluding carboxylic acids is 1. The Labute approximate surface area is 114 Å². The Hall–Kier alpha value is -2.89. The van der Waals surface area contributed by atoms with Crippen molar-refractivity contribution in [3.05, 3.63) is 64.2 Å². The number of esters is 1. The third-order valence-electron chi connectivity index (χ3n) is 2.55. The van der Waals surface area contributed by atoms with Crippen LogP contribution in [0.15, 0.2) is 48.5 Å². The molecule has 2 rings (SSSR count). The molecular formula is C14H11NO5. The van der Waals surface area contributed by atoms with Crippen LogP contribution >= 0.6 is 0 Å². The molecule has 6 nitrogen and oxygen atoms in total. The van der Waals surface area contributed by atoms with Gasteiger partial charge in [0.05, 0.1) is 12.0 Å². The van der Waals surface area contributed by atoms with Gasteiger partial charge in [0, 0.05) is 12.1 Å². The number of hydrogen-bond donors (Lipinski definition) is 0. The van der Waals surface area contributed by atoms with Crippen molar-refractivity contribution in [2.24, 2.45) is 0 Å².